The van der Waals surface area contributed by atoms with Crippen molar-refractivity contribution in [2.45, 2.75) is 11.8 Å². The van der Waals surface area contributed by atoms with Gasteiger partial charge in [0.25, 0.3) is 0 Å². The number of aromatic nitrogens is 1. The smallest absolute Gasteiger partial charge is 0.130 e. The van der Waals surface area contributed by atoms with E-state index in [2.05, 4.69) is 47.0 Å². The lowest BCUT2D eigenvalue weighted by Gasteiger charge is -2.12. The average molecular weight is 383 g/mol. The molecular formula is C23H17N3OS. The van der Waals surface area contributed by atoms with E-state index in [1.165, 1.54) is 17.5 Å². The Hall–Kier alpha value is -3.49. The second kappa shape index (κ2) is 8.03. The first kappa shape index (κ1) is 17.9. The maximum Gasteiger partial charge on any atom is 0.130 e. The zero-order chi connectivity index (χ0) is 19.3. The van der Waals surface area contributed by atoms with Crippen LogP contribution in [-0.4, -0.2) is 4.98 Å². The topological polar surface area (TPSA) is 57.9 Å². The van der Waals surface area contributed by atoms with E-state index in [1.54, 1.807) is 18.3 Å². The largest absolute Gasteiger partial charge is 0.457 e. The minimum Gasteiger partial charge on any atom is -0.457 e. The maximum absolute atomic E-state index is 9.08. The highest BCUT2D eigenvalue weighted by atomic mass is 32.2. The number of ether oxygens (including phenoxy) is 1. The number of fused-ring (bicyclic) bond motifs is 1. The summed E-state index contributed by atoms with van der Waals surface area (Å²) >= 11 is 1.53. The van der Waals surface area contributed by atoms with Gasteiger partial charge in [0.15, 0.2) is 0 Å². The average Bonchev–Trinajstić information content (AvgIpc) is 2.73. The van der Waals surface area contributed by atoms with Gasteiger partial charge in [0.2, 0.25) is 0 Å². The number of rotatable bonds is 5. The molecule has 0 unspecified atom stereocenters. The first-order valence-electron chi connectivity index (χ1n) is 8.77. The second-order valence-electron chi connectivity index (χ2n) is 6.30. The molecule has 0 amide bonds. The van der Waals surface area contributed by atoms with E-state index in [-0.39, 0.29) is 0 Å². The van der Waals surface area contributed by atoms with E-state index >= 15 is 0 Å². The minimum absolute atomic E-state index is 0.563. The molecule has 1 aromatic heterocycles. The Morgan fingerprint density at radius 1 is 0.964 bits per heavy atom. The normalized spacial score (nSPS) is 10.4. The van der Waals surface area contributed by atoms with Gasteiger partial charge in [-0.3, -0.25) is 4.98 Å². The number of hydrogen-bond donors (Lipinski definition) is 1. The Labute approximate surface area is 167 Å². The van der Waals surface area contributed by atoms with Crippen molar-refractivity contribution < 1.29 is 4.74 Å². The first-order valence-corrected chi connectivity index (χ1v) is 9.59. The Kier molecular flexibility index (Phi) is 5.14. The van der Waals surface area contributed by atoms with E-state index in [1.807, 2.05) is 36.4 Å². The van der Waals surface area contributed by atoms with Gasteiger partial charge in [-0.1, -0.05) is 29.8 Å². The van der Waals surface area contributed by atoms with Crippen molar-refractivity contribution in [3.8, 4) is 17.6 Å². The Morgan fingerprint density at radius 3 is 2.64 bits per heavy atom. The minimum atomic E-state index is 0.563. The number of aryl methyl sites for hydroxylation is 1. The lowest BCUT2D eigenvalue weighted by molar-refractivity contribution is 0.483. The predicted molar refractivity (Wildman–Crippen MR) is 114 cm³/mol. The molecule has 4 rings (SSSR count). The fourth-order valence-corrected chi connectivity index (χ4v) is 3.44. The molecule has 0 saturated carbocycles. The summed E-state index contributed by atoms with van der Waals surface area (Å²) in [6.07, 6.45) is 1.78. The van der Waals surface area contributed by atoms with Crippen LogP contribution in [0.25, 0.3) is 10.9 Å². The summed E-state index contributed by atoms with van der Waals surface area (Å²) in [7, 11) is 0. The summed E-state index contributed by atoms with van der Waals surface area (Å²) in [5, 5.41) is 10.1. The van der Waals surface area contributed by atoms with E-state index in [0.717, 1.165) is 21.5 Å². The van der Waals surface area contributed by atoms with Crippen LogP contribution in [-0.2, 0) is 0 Å². The lowest BCUT2D eigenvalue weighted by atomic mass is 10.2. The van der Waals surface area contributed by atoms with Gasteiger partial charge in [0.05, 0.1) is 22.8 Å². The van der Waals surface area contributed by atoms with Crippen LogP contribution in [0.1, 0.15) is 11.1 Å². The second-order valence-corrected chi connectivity index (χ2v) is 7.18. The van der Waals surface area contributed by atoms with Crippen molar-refractivity contribution in [2.75, 3.05) is 4.72 Å². The molecule has 0 saturated heterocycles. The molecule has 136 valence electrons. The van der Waals surface area contributed by atoms with Gasteiger partial charge in [-0.05, 0) is 61.3 Å². The van der Waals surface area contributed by atoms with Crippen LogP contribution in [0.2, 0.25) is 0 Å². The molecule has 0 aliphatic carbocycles. The molecule has 4 aromatic rings. The van der Waals surface area contributed by atoms with Crippen LogP contribution in [0.3, 0.4) is 0 Å². The molecule has 1 heterocycles. The third kappa shape index (κ3) is 4.08. The van der Waals surface area contributed by atoms with E-state index in [0.29, 0.717) is 17.1 Å². The molecule has 0 spiro atoms. The number of anilines is 1. The quantitative estimate of drug-likeness (QED) is 0.408. The molecule has 28 heavy (non-hydrogen) atoms. The van der Waals surface area contributed by atoms with E-state index < -0.39 is 0 Å². The highest BCUT2D eigenvalue weighted by Crippen LogP contribution is 2.33. The van der Waals surface area contributed by atoms with Gasteiger partial charge in [-0.2, -0.15) is 5.26 Å². The number of nitrogens with one attached hydrogen (secondary N) is 1. The zero-order valence-corrected chi connectivity index (χ0v) is 16.0. The van der Waals surface area contributed by atoms with Crippen LogP contribution in [0.5, 0.6) is 11.5 Å². The first-order chi connectivity index (χ1) is 13.7. The van der Waals surface area contributed by atoms with Crippen LogP contribution in [0.15, 0.2) is 83.9 Å². The predicted octanol–water partition coefficient (Wildman–Crippen LogP) is 6.33. The van der Waals surface area contributed by atoms with Crippen LogP contribution < -0.4 is 9.46 Å². The number of nitriles is 1. The highest BCUT2D eigenvalue weighted by molar-refractivity contribution is 8.00. The van der Waals surface area contributed by atoms with Crippen molar-refractivity contribution in [3.05, 3.63) is 90.1 Å². The van der Waals surface area contributed by atoms with E-state index in [9.17, 15) is 0 Å². The fraction of sp³-hybridized carbons (Fsp3) is 0.0435. The van der Waals surface area contributed by atoms with Gasteiger partial charge in [0.1, 0.15) is 11.5 Å². The third-order valence-electron chi connectivity index (χ3n) is 4.18. The molecule has 0 aliphatic heterocycles. The standard InChI is InChI=1S/C23H17N3OS/c1-16-7-9-21(10-8-16)28-26-22-14-20(13-18-5-3-11-25-23(18)22)27-19-6-2-4-17(12-19)15-24/h2-14,26H,1H3. The van der Waals surface area contributed by atoms with Gasteiger partial charge < -0.3 is 9.46 Å². The monoisotopic (exact) mass is 383 g/mol. The Balaban J connectivity index is 1.64. The summed E-state index contributed by atoms with van der Waals surface area (Å²) in [6, 6.07) is 25.4. The van der Waals surface area contributed by atoms with Crippen molar-refractivity contribution in [1.29, 1.82) is 5.26 Å². The lowest BCUT2D eigenvalue weighted by Crippen LogP contribution is -1.93. The van der Waals surface area contributed by atoms with Crippen molar-refractivity contribution in [1.82, 2.24) is 4.98 Å². The van der Waals surface area contributed by atoms with Gasteiger partial charge in [-0.25, -0.2) is 0 Å². The maximum atomic E-state index is 9.08. The molecule has 4 nitrogen and oxygen atoms in total. The number of pyridine rings is 1. The van der Waals surface area contributed by atoms with Crippen LogP contribution >= 0.6 is 11.9 Å². The Bertz CT molecular complexity index is 1170. The number of benzene rings is 3. The third-order valence-corrected chi connectivity index (χ3v) is 5.01. The van der Waals surface area contributed by atoms with Gasteiger partial charge in [-0.15, -0.1) is 0 Å². The molecule has 0 bridgehead atoms. The summed E-state index contributed by atoms with van der Waals surface area (Å²) in [6.45, 7) is 2.07. The molecule has 0 atom stereocenters. The summed E-state index contributed by atoms with van der Waals surface area (Å²) in [5.74, 6) is 1.31. The van der Waals surface area contributed by atoms with Gasteiger partial charge in [0, 0.05) is 22.5 Å². The molecule has 3 aromatic carbocycles. The fourth-order valence-electron chi connectivity index (χ4n) is 2.79. The molecular weight excluding hydrogens is 366 g/mol. The number of nitrogens with zero attached hydrogens (tertiary/aromatic N) is 2. The van der Waals surface area contributed by atoms with Crippen LogP contribution in [0, 0.1) is 18.3 Å². The highest BCUT2D eigenvalue weighted by Gasteiger charge is 2.08. The molecule has 0 radical (unpaired) electrons. The summed E-state index contributed by atoms with van der Waals surface area (Å²) in [5.41, 5.74) is 3.54. The van der Waals surface area contributed by atoms with Crippen molar-refractivity contribution in [3.63, 3.8) is 0 Å². The van der Waals surface area contributed by atoms with E-state index in [4.69, 9.17) is 10.00 Å². The number of hydrogen-bond acceptors (Lipinski definition) is 5. The van der Waals surface area contributed by atoms with Gasteiger partial charge >= 0.3 is 0 Å². The molecule has 5 heteroatoms. The zero-order valence-electron chi connectivity index (χ0n) is 15.2. The SMILES string of the molecule is Cc1ccc(SNc2cc(Oc3cccc(C#N)c3)cc3cccnc23)cc1. The Morgan fingerprint density at radius 2 is 1.82 bits per heavy atom. The molecule has 0 fully saturated rings. The summed E-state index contributed by atoms with van der Waals surface area (Å²) < 4.78 is 9.40. The van der Waals surface area contributed by atoms with Crippen molar-refractivity contribution in [2.24, 2.45) is 0 Å². The molecule has 1 N–H and O–H groups in total. The van der Waals surface area contributed by atoms with Crippen molar-refractivity contribution >= 4 is 28.5 Å². The summed E-state index contributed by atoms with van der Waals surface area (Å²) in [4.78, 5) is 5.62. The van der Waals surface area contributed by atoms with Crippen LogP contribution in [0.4, 0.5) is 5.69 Å². The molecule has 0 aliphatic rings.